The molecule has 2 aromatic rings. The van der Waals surface area contributed by atoms with Gasteiger partial charge in [0.2, 0.25) is 0 Å². The molecule has 0 spiro atoms. The first-order valence-electron chi connectivity index (χ1n) is 14.1. The molecule has 0 atom stereocenters. The van der Waals surface area contributed by atoms with Crippen LogP contribution < -0.4 is 0 Å². The first kappa shape index (κ1) is 44.1. The molecule has 0 amide bonds. The van der Waals surface area contributed by atoms with Gasteiger partial charge in [-0.2, -0.15) is 0 Å². The molecular weight excluding hydrogens is 694 g/mol. The third-order valence-corrected chi connectivity index (χ3v) is 14.0. The van der Waals surface area contributed by atoms with Crippen molar-refractivity contribution < 1.29 is 44.7 Å². The van der Waals surface area contributed by atoms with Gasteiger partial charge >= 0.3 is 33.0 Å². The summed E-state index contributed by atoms with van der Waals surface area (Å²) in [5, 5.41) is 1.79. The molecule has 2 rings (SSSR count). The fourth-order valence-electron chi connectivity index (χ4n) is 5.13. The summed E-state index contributed by atoms with van der Waals surface area (Å²) < 4.78 is 59.2. The predicted molar refractivity (Wildman–Crippen MR) is 176 cm³/mol. The molecule has 0 bridgehead atoms. The van der Waals surface area contributed by atoms with E-state index in [-0.39, 0.29) is 35.3 Å². The van der Waals surface area contributed by atoms with Gasteiger partial charge in [0, 0.05) is 19.5 Å². The number of hydrogen-bond acceptors (Lipinski definition) is 0. The van der Waals surface area contributed by atoms with Crippen molar-refractivity contribution in [3.8, 4) is 0 Å². The number of halogens is 6. The van der Waals surface area contributed by atoms with Crippen LogP contribution >= 0.6 is 23.7 Å². The molecule has 0 aliphatic rings. The van der Waals surface area contributed by atoms with E-state index in [4.69, 9.17) is 0 Å². The quantitative estimate of drug-likeness (QED) is 0.157. The molecular formula is C32H54F6P3Rh-. The molecule has 0 aliphatic heterocycles. The summed E-state index contributed by atoms with van der Waals surface area (Å²) in [6, 6.07) is 21.8. The number of benzene rings is 2. The Labute approximate surface area is 268 Å². The summed E-state index contributed by atoms with van der Waals surface area (Å²) >= 11 is 0. The molecule has 0 unspecified atom stereocenters. The number of rotatable bonds is 6. The summed E-state index contributed by atoms with van der Waals surface area (Å²) in [5.41, 5.74) is 2.96. The van der Waals surface area contributed by atoms with Gasteiger partial charge in [-0.05, 0) is 56.9 Å². The molecule has 0 aliphatic carbocycles. The van der Waals surface area contributed by atoms with E-state index in [0.29, 0.717) is 20.6 Å². The molecule has 0 aromatic heterocycles. The van der Waals surface area contributed by atoms with Crippen molar-refractivity contribution in [3.63, 3.8) is 0 Å². The monoisotopic (exact) mass is 748 g/mol. The Balaban J connectivity index is 0. The Bertz CT molecular complexity index is 906. The van der Waals surface area contributed by atoms with Gasteiger partial charge in [0.1, 0.15) is 0 Å². The van der Waals surface area contributed by atoms with Crippen LogP contribution in [0.4, 0.5) is 25.2 Å². The molecule has 0 N–H and O–H groups in total. The summed E-state index contributed by atoms with van der Waals surface area (Å²) in [7, 11) is -10.6. The smallest absolute Gasteiger partial charge is 0 e. The average Bonchev–Trinajstić information content (AvgIpc) is 2.70. The van der Waals surface area contributed by atoms with Gasteiger partial charge < -0.3 is 0 Å². The zero-order chi connectivity index (χ0) is 32.6. The Kier molecular flexibility index (Phi) is 16.2. The van der Waals surface area contributed by atoms with Crippen LogP contribution in [-0.2, 0) is 32.3 Å². The van der Waals surface area contributed by atoms with E-state index >= 15 is 0 Å². The fraction of sp³-hybridized carbons (Fsp3) is 0.625. The molecule has 2 aromatic carbocycles. The van der Waals surface area contributed by atoms with Crippen molar-refractivity contribution in [2.45, 2.75) is 117 Å². The second kappa shape index (κ2) is 15.5. The van der Waals surface area contributed by atoms with Crippen molar-refractivity contribution in [2.75, 3.05) is 12.3 Å². The minimum absolute atomic E-state index is 0. The largest absolute Gasteiger partial charge is 0 e. The first-order valence-corrected chi connectivity index (χ1v) is 19.2. The van der Waals surface area contributed by atoms with E-state index in [1.807, 2.05) is 0 Å². The van der Waals surface area contributed by atoms with Gasteiger partial charge in [-0.25, -0.2) is 0 Å². The third-order valence-electron chi connectivity index (χ3n) is 6.17. The molecule has 0 saturated carbocycles. The van der Waals surface area contributed by atoms with Gasteiger partial charge in [0.15, 0.2) is 0 Å². The topological polar surface area (TPSA) is 0 Å². The predicted octanol–water partition coefficient (Wildman–Crippen LogP) is 14.0. The SMILES string of the molecule is CC(C)(C)P(CCc1ccccc1)C(C)(C)C.CC(C)(C)P(CCc1ccccc1)C(C)(C)C.F[P-](F)(F)(F)(F)F.[Rh]. The molecule has 42 heavy (non-hydrogen) atoms. The zero-order valence-electron chi connectivity index (χ0n) is 27.5. The standard InChI is InChI=1S/2C16H27P.F6P.Rh/c2*1-15(2,3)17(16(4,5)6)13-12-14-10-8-7-9-11-14;1-7(2,3,4,5)6;/h2*7-11H,12-13H2,1-6H3;;/q;;-1;. The van der Waals surface area contributed by atoms with Crippen molar-refractivity contribution in [1.29, 1.82) is 0 Å². The first-order chi connectivity index (χ1) is 17.9. The number of hydrogen-bond donors (Lipinski definition) is 0. The molecule has 0 fully saturated rings. The zero-order valence-corrected chi connectivity index (χ0v) is 31.9. The van der Waals surface area contributed by atoms with Crippen LogP contribution in [0.5, 0.6) is 0 Å². The Morgan fingerprint density at radius 3 is 0.810 bits per heavy atom. The second-order valence-corrected chi connectivity index (χ2v) is 24.3. The van der Waals surface area contributed by atoms with Crippen molar-refractivity contribution in [3.05, 3.63) is 71.8 Å². The number of aryl methyl sites for hydroxylation is 2. The van der Waals surface area contributed by atoms with Crippen molar-refractivity contribution >= 4 is 23.7 Å². The summed E-state index contributed by atoms with van der Waals surface area (Å²) in [5.74, 6) is 0. The normalized spacial score (nSPS) is 14.5. The van der Waals surface area contributed by atoms with E-state index < -0.39 is 7.81 Å². The minimum Gasteiger partial charge on any atom is 0 e. The Morgan fingerprint density at radius 2 is 0.643 bits per heavy atom. The summed E-state index contributed by atoms with van der Waals surface area (Å²) in [6.45, 7) is 28.8. The van der Waals surface area contributed by atoms with Crippen LogP contribution in [0.15, 0.2) is 60.7 Å². The van der Waals surface area contributed by atoms with Crippen LogP contribution in [-0.4, -0.2) is 32.9 Å². The van der Waals surface area contributed by atoms with Crippen molar-refractivity contribution in [1.82, 2.24) is 0 Å². The van der Waals surface area contributed by atoms with E-state index in [1.54, 1.807) is 0 Å². The Morgan fingerprint density at radius 1 is 0.452 bits per heavy atom. The fourth-order valence-corrected chi connectivity index (χ4v) is 12.8. The van der Waals surface area contributed by atoms with Crippen LogP contribution in [0, 0.1) is 0 Å². The third kappa shape index (κ3) is 24.3. The molecule has 0 nitrogen and oxygen atoms in total. The molecule has 10 heteroatoms. The van der Waals surface area contributed by atoms with Crippen LogP contribution in [0.3, 0.4) is 0 Å². The van der Waals surface area contributed by atoms with Gasteiger partial charge in [0.25, 0.3) is 0 Å². The molecule has 0 heterocycles. The molecule has 1 radical (unpaired) electrons. The average molecular weight is 749 g/mol. The van der Waals surface area contributed by atoms with Gasteiger partial charge in [-0.1, -0.05) is 160 Å². The summed E-state index contributed by atoms with van der Waals surface area (Å²) in [6.07, 6.45) is 5.13. The van der Waals surface area contributed by atoms with Gasteiger partial charge in [0.05, 0.1) is 0 Å². The van der Waals surface area contributed by atoms with Crippen molar-refractivity contribution in [2.24, 2.45) is 0 Å². The van der Waals surface area contributed by atoms with Gasteiger partial charge in [-0.3, -0.25) is 0 Å². The molecule has 0 saturated heterocycles. The minimum atomic E-state index is -10.7. The maximum atomic E-state index is 9.87. The van der Waals surface area contributed by atoms with Gasteiger partial charge in [-0.15, -0.1) is 0 Å². The van der Waals surface area contributed by atoms with Crippen LogP contribution in [0.1, 0.15) is 94.2 Å². The van der Waals surface area contributed by atoms with Crippen LogP contribution in [0.25, 0.3) is 0 Å². The Hall–Kier alpha value is -0.0666. The second-order valence-electron chi connectivity index (χ2n) is 14.4. The van der Waals surface area contributed by atoms with Crippen LogP contribution in [0.2, 0.25) is 0 Å². The maximum absolute atomic E-state index is 10.7. The summed E-state index contributed by atoms with van der Waals surface area (Å²) in [4.78, 5) is 0. The molecule has 249 valence electrons. The van der Waals surface area contributed by atoms with E-state index in [9.17, 15) is 25.2 Å². The van der Waals surface area contributed by atoms with E-state index in [1.165, 1.54) is 36.3 Å². The van der Waals surface area contributed by atoms with E-state index in [2.05, 4.69) is 144 Å². The maximum Gasteiger partial charge on any atom is 0 e. The van der Waals surface area contributed by atoms with E-state index in [0.717, 1.165) is 0 Å².